The van der Waals surface area contributed by atoms with E-state index >= 15 is 0 Å². The van der Waals surface area contributed by atoms with Crippen molar-refractivity contribution in [3.05, 3.63) is 35.6 Å². The zero-order valence-corrected chi connectivity index (χ0v) is 14.4. The highest BCUT2D eigenvalue weighted by molar-refractivity contribution is 6.17. The molecule has 0 saturated carbocycles. The van der Waals surface area contributed by atoms with Crippen LogP contribution in [0.3, 0.4) is 0 Å². The van der Waals surface area contributed by atoms with Gasteiger partial charge in [0.15, 0.2) is 0 Å². The predicted molar refractivity (Wildman–Crippen MR) is 88.3 cm³/mol. The molecule has 3 N–H and O–H groups in total. The zero-order valence-electron chi connectivity index (χ0n) is 13.6. The molecule has 1 aromatic rings. The summed E-state index contributed by atoms with van der Waals surface area (Å²) >= 11 is 5.58. The lowest BCUT2D eigenvalue weighted by molar-refractivity contribution is -0.138. The van der Waals surface area contributed by atoms with Gasteiger partial charge < -0.3 is 4.74 Å². The fraction of sp³-hybridized carbons (Fsp3) is 0.500. The van der Waals surface area contributed by atoms with E-state index in [1.807, 2.05) is 20.8 Å². The van der Waals surface area contributed by atoms with Crippen molar-refractivity contribution in [2.75, 3.05) is 5.88 Å². The van der Waals surface area contributed by atoms with E-state index in [0.29, 0.717) is 25.2 Å². The number of nitrogens with two attached hydrogens (primary N) is 1. The van der Waals surface area contributed by atoms with Crippen molar-refractivity contribution in [1.82, 2.24) is 5.43 Å². The number of hydrogen-bond acceptors (Lipinski definition) is 4. The van der Waals surface area contributed by atoms with Crippen molar-refractivity contribution < 1.29 is 18.7 Å². The minimum Gasteiger partial charge on any atom is -0.462 e. The van der Waals surface area contributed by atoms with Crippen LogP contribution < -0.4 is 11.3 Å². The van der Waals surface area contributed by atoms with Crippen molar-refractivity contribution >= 4 is 24.0 Å². The first-order valence-electron chi connectivity index (χ1n) is 7.18. The van der Waals surface area contributed by atoms with Crippen LogP contribution in [-0.2, 0) is 14.3 Å². The number of benzene rings is 1. The zero-order chi connectivity index (χ0) is 17.9. The average molecular weight is 347 g/mol. The van der Waals surface area contributed by atoms with Crippen molar-refractivity contribution in [2.45, 2.75) is 45.1 Å². The summed E-state index contributed by atoms with van der Waals surface area (Å²) in [6.07, 6.45) is 1.30. The summed E-state index contributed by atoms with van der Waals surface area (Å²) in [6, 6.07) is 5.83. The van der Waals surface area contributed by atoms with Crippen LogP contribution in [-0.4, -0.2) is 23.9 Å². The molecular weight excluding hydrogens is 323 g/mol. The van der Waals surface area contributed by atoms with Crippen LogP contribution in [0.15, 0.2) is 24.3 Å². The molecule has 0 aliphatic carbocycles. The Morgan fingerprint density at radius 2 is 1.96 bits per heavy atom. The van der Waals surface area contributed by atoms with Crippen LogP contribution in [0, 0.1) is 5.82 Å². The Morgan fingerprint density at radius 1 is 1.39 bits per heavy atom. The standard InChI is InChI=1S/C11H14ClFN2O.C5H10O2/c12-7-1-2-10(11(16)15-14)8-3-5-9(13)6-4-8;1-5(2,3)7-4-6/h3-6,10H,1-2,7,14H2,(H,15,16);4H,1-3H3. The maximum atomic E-state index is 12.7. The number of halogens is 2. The van der Waals surface area contributed by atoms with Crippen LogP contribution in [0.25, 0.3) is 0 Å². The molecular formula is C16H24ClFN2O3. The third-order valence-electron chi connectivity index (χ3n) is 2.76. The molecule has 0 bridgehead atoms. The highest BCUT2D eigenvalue weighted by Gasteiger charge is 2.19. The summed E-state index contributed by atoms with van der Waals surface area (Å²) in [4.78, 5) is 21.1. The first-order valence-corrected chi connectivity index (χ1v) is 7.72. The molecule has 23 heavy (non-hydrogen) atoms. The molecule has 1 rings (SSSR count). The van der Waals surface area contributed by atoms with E-state index in [4.69, 9.17) is 17.4 Å². The fourth-order valence-electron chi connectivity index (χ4n) is 1.67. The largest absolute Gasteiger partial charge is 0.462 e. The third kappa shape index (κ3) is 9.86. The van der Waals surface area contributed by atoms with Crippen LogP contribution in [0.4, 0.5) is 4.39 Å². The predicted octanol–water partition coefficient (Wildman–Crippen LogP) is 2.88. The highest BCUT2D eigenvalue weighted by atomic mass is 35.5. The van der Waals surface area contributed by atoms with Crippen molar-refractivity contribution in [3.8, 4) is 0 Å². The summed E-state index contributed by atoms with van der Waals surface area (Å²) in [5, 5.41) is 0. The first-order chi connectivity index (χ1) is 10.7. The lowest BCUT2D eigenvalue weighted by Gasteiger charge is -2.14. The normalized spacial score (nSPS) is 11.7. The molecule has 0 fully saturated rings. The van der Waals surface area contributed by atoms with Gasteiger partial charge in [-0.2, -0.15) is 0 Å². The molecule has 130 valence electrons. The van der Waals surface area contributed by atoms with E-state index in [1.54, 1.807) is 12.1 Å². The lowest BCUT2D eigenvalue weighted by atomic mass is 9.94. The molecule has 0 aliphatic rings. The molecule has 5 nitrogen and oxygen atoms in total. The molecule has 0 radical (unpaired) electrons. The molecule has 0 aliphatic heterocycles. The number of carbonyl (C=O) groups excluding carboxylic acids is 2. The minimum atomic E-state index is -0.371. The van der Waals surface area contributed by atoms with E-state index in [1.165, 1.54) is 12.1 Å². The van der Waals surface area contributed by atoms with E-state index in [2.05, 4.69) is 10.2 Å². The minimum absolute atomic E-state index is 0.281. The second kappa shape index (κ2) is 11.0. The third-order valence-corrected chi connectivity index (χ3v) is 3.03. The smallest absolute Gasteiger partial charge is 0.293 e. The van der Waals surface area contributed by atoms with Gasteiger partial charge in [0.05, 0.1) is 5.92 Å². The van der Waals surface area contributed by atoms with Crippen LogP contribution >= 0.6 is 11.6 Å². The molecule has 0 heterocycles. The number of amides is 1. The number of hydrazine groups is 1. The van der Waals surface area contributed by atoms with Gasteiger partial charge in [0, 0.05) is 5.88 Å². The summed E-state index contributed by atoms with van der Waals surface area (Å²) in [7, 11) is 0. The Hall–Kier alpha value is -1.66. The average Bonchev–Trinajstić information content (AvgIpc) is 2.48. The Balaban J connectivity index is 0.000000585. The molecule has 1 atom stereocenters. The summed E-state index contributed by atoms with van der Waals surface area (Å²) < 4.78 is 17.3. The number of hydrogen-bond donors (Lipinski definition) is 2. The summed E-state index contributed by atoms with van der Waals surface area (Å²) in [5.41, 5.74) is 2.54. The van der Waals surface area contributed by atoms with Crippen LogP contribution in [0.1, 0.15) is 45.1 Å². The van der Waals surface area contributed by atoms with Crippen LogP contribution in [0.2, 0.25) is 0 Å². The first kappa shape index (κ1) is 21.3. The van der Waals surface area contributed by atoms with E-state index in [-0.39, 0.29) is 23.2 Å². The number of nitrogens with one attached hydrogen (secondary N) is 1. The lowest BCUT2D eigenvalue weighted by Crippen LogP contribution is -2.34. The number of rotatable bonds is 6. The highest BCUT2D eigenvalue weighted by Crippen LogP contribution is 2.22. The van der Waals surface area contributed by atoms with Gasteiger partial charge in [-0.25, -0.2) is 10.2 Å². The van der Waals surface area contributed by atoms with Gasteiger partial charge in [0.25, 0.3) is 6.47 Å². The maximum Gasteiger partial charge on any atom is 0.293 e. The quantitative estimate of drug-likeness (QED) is 0.273. The van der Waals surface area contributed by atoms with E-state index < -0.39 is 0 Å². The van der Waals surface area contributed by atoms with Gasteiger partial charge >= 0.3 is 0 Å². The van der Waals surface area contributed by atoms with Crippen molar-refractivity contribution in [1.29, 1.82) is 0 Å². The molecule has 0 saturated heterocycles. The summed E-state index contributed by atoms with van der Waals surface area (Å²) in [5.74, 6) is 4.61. The monoisotopic (exact) mass is 346 g/mol. The number of alkyl halides is 1. The van der Waals surface area contributed by atoms with Gasteiger partial charge in [-0.3, -0.25) is 15.0 Å². The van der Waals surface area contributed by atoms with Crippen molar-refractivity contribution in [2.24, 2.45) is 5.84 Å². The van der Waals surface area contributed by atoms with Gasteiger partial charge in [-0.15, -0.1) is 11.6 Å². The van der Waals surface area contributed by atoms with Gasteiger partial charge in [0.2, 0.25) is 5.91 Å². The van der Waals surface area contributed by atoms with Gasteiger partial charge in [-0.1, -0.05) is 12.1 Å². The molecule has 1 aromatic carbocycles. The Morgan fingerprint density at radius 3 is 2.30 bits per heavy atom. The molecule has 1 amide bonds. The molecule has 0 spiro atoms. The summed E-state index contributed by atoms with van der Waals surface area (Å²) in [6.45, 7) is 5.92. The Labute approximate surface area is 141 Å². The molecule has 0 aromatic heterocycles. The SMILES string of the molecule is CC(C)(C)OC=O.NNC(=O)C(CCCCl)c1ccc(F)cc1. The molecule has 1 unspecified atom stereocenters. The topological polar surface area (TPSA) is 81.4 Å². The number of ether oxygens (including phenoxy) is 1. The van der Waals surface area contributed by atoms with Gasteiger partial charge in [0.1, 0.15) is 11.4 Å². The van der Waals surface area contributed by atoms with Crippen LogP contribution in [0.5, 0.6) is 0 Å². The Kier molecular flexibility index (Phi) is 10.2. The second-order valence-corrected chi connectivity index (χ2v) is 6.15. The van der Waals surface area contributed by atoms with Gasteiger partial charge in [-0.05, 0) is 51.3 Å². The van der Waals surface area contributed by atoms with Crippen molar-refractivity contribution in [3.63, 3.8) is 0 Å². The fourth-order valence-corrected chi connectivity index (χ4v) is 1.82. The Bertz CT molecular complexity index is 475. The number of carbonyl (C=O) groups is 2. The van der Waals surface area contributed by atoms with E-state index in [9.17, 15) is 14.0 Å². The molecule has 7 heteroatoms. The van der Waals surface area contributed by atoms with E-state index in [0.717, 1.165) is 5.56 Å². The maximum absolute atomic E-state index is 12.7. The second-order valence-electron chi connectivity index (χ2n) is 5.77.